The third-order valence-electron chi connectivity index (χ3n) is 1.14. The number of carbonyl (C=O) groups excluding carboxylic acids is 1. The summed E-state index contributed by atoms with van der Waals surface area (Å²) in [6, 6.07) is 0. The van der Waals surface area contributed by atoms with Crippen LogP contribution in [0.1, 0.15) is 13.3 Å². The summed E-state index contributed by atoms with van der Waals surface area (Å²) in [4.78, 5) is 11.4. The zero-order chi connectivity index (χ0) is 8.69. The maximum atomic E-state index is 10.9. The first-order valence-electron chi connectivity index (χ1n) is 3.56. The van der Waals surface area contributed by atoms with Gasteiger partial charge >= 0.3 is 0 Å². The Hall–Kier alpha value is 0.300. The smallest absolute Gasteiger partial charge is 0.229 e. The average Bonchev–Trinajstić information content (AvgIpc) is 1.87. The van der Waals surface area contributed by atoms with Crippen LogP contribution >= 0.6 is 27.7 Å². The van der Waals surface area contributed by atoms with Crippen molar-refractivity contribution in [3.05, 3.63) is 0 Å². The van der Waals surface area contributed by atoms with Gasteiger partial charge in [-0.1, -0.05) is 22.9 Å². The van der Waals surface area contributed by atoms with Crippen molar-refractivity contribution in [1.82, 2.24) is 5.32 Å². The summed E-state index contributed by atoms with van der Waals surface area (Å²) in [6.45, 7) is 2.84. The van der Waals surface area contributed by atoms with E-state index >= 15 is 0 Å². The van der Waals surface area contributed by atoms with Crippen molar-refractivity contribution in [2.75, 3.05) is 18.6 Å². The van der Waals surface area contributed by atoms with Crippen molar-refractivity contribution in [2.45, 2.75) is 18.2 Å². The van der Waals surface area contributed by atoms with Gasteiger partial charge in [-0.05, 0) is 12.7 Å². The molecule has 1 unspecified atom stereocenters. The highest BCUT2D eigenvalue weighted by atomic mass is 79.9. The predicted octanol–water partition coefficient (Wildman–Crippen LogP) is 1.64. The molecule has 0 aliphatic rings. The monoisotopic (exact) mass is 239 g/mol. The zero-order valence-corrected chi connectivity index (χ0v) is 9.30. The summed E-state index contributed by atoms with van der Waals surface area (Å²) in [7, 11) is 0. The Morgan fingerprint density at radius 2 is 2.36 bits per heavy atom. The van der Waals surface area contributed by atoms with E-state index in [1.165, 1.54) is 0 Å². The summed E-state index contributed by atoms with van der Waals surface area (Å²) in [5.74, 6) is 0.696. The van der Waals surface area contributed by atoms with E-state index in [2.05, 4.69) is 28.2 Å². The van der Waals surface area contributed by atoms with Crippen LogP contribution in [0.3, 0.4) is 0 Å². The second-order valence-electron chi connectivity index (χ2n) is 2.35. The van der Waals surface area contributed by atoms with Gasteiger partial charge in [-0.2, -0.15) is 11.8 Å². The Kier molecular flexibility index (Phi) is 7.17. The zero-order valence-electron chi connectivity index (χ0n) is 6.89. The number of rotatable bonds is 5. The van der Waals surface area contributed by atoms with Gasteiger partial charge in [0.25, 0.3) is 0 Å². The highest BCUT2D eigenvalue weighted by Crippen LogP contribution is 2.00. The van der Waals surface area contributed by atoms with Gasteiger partial charge in [0.15, 0.2) is 0 Å². The number of thioether (sulfide) groups is 1. The second kappa shape index (κ2) is 6.98. The summed E-state index contributed by atoms with van der Waals surface area (Å²) in [5, 5.41) is 2.83. The summed E-state index contributed by atoms with van der Waals surface area (Å²) in [6.07, 6.45) is 2.91. The molecule has 0 radical (unpaired) electrons. The van der Waals surface area contributed by atoms with Gasteiger partial charge in [-0.25, -0.2) is 0 Å². The number of hydrogen-bond donors (Lipinski definition) is 1. The van der Waals surface area contributed by atoms with E-state index in [0.717, 1.165) is 13.0 Å². The molecule has 1 atom stereocenters. The van der Waals surface area contributed by atoms with E-state index in [4.69, 9.17) is 0 Å². The van der Waals surface area contributed by atoms with Gasteiger partial charge in [-0.3, -0.25) is 4.79 Å². The maximum Gasteiger partial charge on any atom is 0.229 e. The lowest BCUT2D eigenvalue weighted by molar-refractivity contribution is -0.118. The molecule has 0 aliphatic heterocycles. The highest BCUT2D eigenvalue weighted by molar-refractivity contribution is 9.09. The fraction of sp³-hybridized carbons (Fsp3) is 0.857. The van der Waals surface area contributed by atoms with E-state index in [1.807, 2.05) is 6.26 Å². The molecule has 2 nitrogen and oxygen atoms in total. The number of carbonyl (C=O) groups is 1. The Bertz CT molecular complexity index is 119. The third kappa shape index (κ3) is 8.20. The normalized spacial score (nSPS) is 12.6. The largest absolute Gasteiger partial charge is 0.355 e. The molecule has 0 rings (SSSR count). The van der Waals surface area contributed by atoms with E-state index in [0.29, 0.717) is 10.6 Å². The van der Waals surface area contributed by atoms with Crippen LogP contribution in [0, 0.1) is 0 Å². The Balaban J connectivity index is 3.17. The molecule has 0 bridgehead atoms. The average molecular weight is 240 g/mol. The van der Waals surface area contributed by atoms with Crippen molar-refractivity contribution in [3.8, 4) is 0 Å². The van der Waals surface area contributed by atoms with Gasteiger partial charge in [0.2, 0.25) is 5.91 Å². The molecule has 0 aromatic rings. The van der Waals surface area contributed by atoms with Gasteiger partial charge in [0.1, 0.15) is 0 Å². The van der Waals surface area contributed by atoms with Crippen molar-refractivity contribution in [2.24, 2.45) is 0 Å². The lowest BCUT2D eigenvalue weighted by atomic mass is 10.3. The maximum absolute atomic E-state index is 10.9. The molecule has 0 aromatic carbocycles. The van der Waals surface area contributed by atoms with E-state index in [1.54, 1.807) is 11.8 Å². The van der Waals surface area contributed by atoms with Crippen LogP contribution in [-0.2, 0) is 4.79 Å². The molecule has 0 spiro atoms. The van der Waals surface area contributed by atoms with Crippen LogP contribution in [0.15, 0.2) is 0 Å². The van der Waals surface area contributed by atoms with Crippen molar-refractivity contribution in [3.63, 3.8) is 0 Å². The number of alkyl halides is 1. The molecule has 0 aromatic heterocycles. The molecule has 1 amide bonds. The number of halogens is 1. The summed E-state index contributed by atoms with van der Waals surface area (Å²) < 4.78 is 0. The molecule has 66 valence electrons. The van der Waals surface area contributed by atoms with Gasteiger partial charge in [0, 0.05) is 11.4 Å². The molecule has 1 N–H and O–H groups in total. The highest BCUT2D eigenvalue weighted by Gasteiger charge is 1.99. The summed E-state index contributed by atoms with van der Waals surface area (Å²) >= 11 is 4.95. The standard InChI is InChI=1S/C7H14BrNOS/c1-6(8)3-4-9-7(10)5-11-2/h6H,3-5H2,1-2H3,(H,9,10). The minimum atomic E-state index is 0.130. The second-order valence-corrected chi connectivity index (χ2v) is 4.78. The number of hydrogen-bond acceptors (Lipinski definition) is 2. The Morgan fingerprint density at radius 3 is 2.82 bits per heavy atom. The lowest BCUT2D eigenvalue weighted by Crippen LogP contribution is -2.27. The van der Waals surface area contributed by atoms with Gasteiger partial charge in [-0.15, -0.1) is 0 Å². The van der Waals surface area contributed by atoms with Crippen LogP contribution in [0.25, 0.3) is 0 Å². The molecular weight excluding hydrogens is 226 g/mol. The first-order valence-corrected chi connectivity index (χ1v) is 5.87. The van der Waals surface area contributed by atoms with Crippen LogP contribution in [0.5, 0.6) is 0 Å². The lowest BCUT2D eigenvalue weighted by Gasteiger charge is -2.04. The minimum absolute atomic E-state index is 0.130. The molecule has 0 aliphatic carbocycles. The Morgan fingerprint density at radius 1 is 1.73 bits per heavy atom. The van der Waals surface area contributed by atoms with Gasteiger partial charge < -0.3 is 5.32 Å². The van der Waals surface area contributed by atoms with Crippen LogP contribution < -0.4 is 5.32 Å². The first-order chi connectivity index (χ1) is 5.16. The fourth-order valence-electron chi connectivity index (χ4n) is 0.593. The fourth-order valence-corrected chi connectivity index (χ4v) is 1.19. The molecule has 0 saturated heterocycles. The van der Waals surface area contributed by atoms with Crippen LogP contribution in [0.2, 0.25) is 0 Å². The first kappa shape index (κ1) is 11.3. The predicted molar refractivity (Wildman–Crippen MR) is 54.4 cm³/mol. The molecule has 0 fully saturated rings. The van der Waals surface area contributed by atoms with Crippen molar-refractivity contribution < 1.29 is 4.79 Å². The Labute approximate surface area is 80.6 Å². The van der Waals surface area contributed by atoms with E-state index in [9.17, 15) is 4.79 Å². The van der Waals surface area contributed by atoms with Crippen LogP contribution in [0.4, 0.5) is 0 Å². The quantitative estimate of drug-likeness (QED) is 0.740. The minimum Gasteiger partial charge on any atom is -0.355 e. The van der Waals surface area contributed by atoms with Gasteiger partial charge in [0.05, 0.1) is 5.75 Å². The van der Waals surface area contributed by atoms with Crippen molar-refractivity contribution in [1.29, 1.82) is 0 Å². The van der Waals surface area contributed by atoms with E-state index < -0.39 is 0 Å². The molecule has 11 heavy (non-hydrogen) atoms. The molecule has 0 saturated carbocycles. The SMILES string of the molecule is CSCC(=O)NCCC(C)Br. The molecular formula is C7H14BrNOS. The third-order valence-corrected chi connectivity index (χ3v) is 2.15. The topological polar surface area (TPSA) is 29.1 Å². The number of amides is 1. The van der Waals surface area contributed by atoms with Crippen molar-refractivity contribution >= 4 is 33.6 Å². The summed E-state index contributed by atoms with van der Waals surface area (Å²) in [5.41, 5.74) is 0. The van der Waals surface area contributed by atoms with Crippen LogP contribution in [-0.4, -0.2) is 29.3 Å². The van der Waals surface area contributed by atoms with E-state index in [-0.39, 0.29) is 5.91 Å². The number of nitrogens with one attached hydrogen (secondary N) is 1. The molecule has 4 heteroatoms. The molecule has 0 heterocycles.